The van der Waals surface area contributed by atoms with Crippen molar-refractivity contribution in [2.24, 2.45) is 5.92 Å². The number of carbonyl (C=O) groups excluding carboxylic acids is 1. The van der Waals surface area contributed by atoms with Crippen molar-refractivity contribution in [2.75, 3.05) is 26.2 Å². The second-order valence-electron chi connectivity index (χ2n) is 7.34. The number of aryl methyl sites for hydroxylation is 1. The largest absolute Gasteiger partial charge is 0.333 e. The van der Waals surface area contributed by atoms with Gasteiger partial charge >= 0.3 is 0 Å². The molecule has 0 unspecified atom stereocenters. The van der Waals surface area contributed by atoms with Crippen molar-refractivity contribution in [3.8, 4) is 0 Å². The molecule has 1 amide bonds. The lowest BCUT2D eigenvalue weighted by Crippen LogP contribution is -2.60. The number of hydrogen-bond acceptors (Lipinski definition) is 2. The van der Waals surface area contributed by atoms with Crippen LogP contribution >= 0.6 is 0 Å². The number of benzene rings is 1. The number of hydrogen-bond donors (Lipinski definition) is 0. The van der Waals surface area contributed by atoms with E-state index in [2.05, 4.69) is 9.80 Å². The van der Waals surface area contributed by atoms with Crippen molar-refractivity contribution in [2.45, 2.75) is 44.0 Å². The van der Waals surface area contributed by atoms with E-state index in [1.54, 1.807) is 0 Å². The van der Waals surface area contributed by atoms with Gasteiger partial charge in [-0.05, 0) is 68.3 Å². The molecular weight excluding hydrogens is 272 g/mol. The Bertz CT molecular complexity index is 697. The first-order valence-electron chi connectivity index (χ1n) is 9.71. The summed E-state index contributed by atoms with van der Waals surface area (Å²) < 4.78 is 16.6. The highest BCUT2D eigenvalue weighted by molar-refractivity contribution is 5.97. The van der Waals surface area contributed by atoms with E-state index >= 15 is 0 Å². The van der Waals surface area contributed by atoms with Crippen molar-refractivity contribution in [3.05, 3.63) is 34.9 Å². The Kier molecular flexibility index (Phi) is 2.46. The quantitative estimate of drug-likeness (QED) is 0.796. The van der Waals surface area contributed by atoms with Crippen LogP contribution in [0.15, 0.2) is 18.2 Å². The van der Waals surface area contributed by atoms with Crippen LogP contribution in [0.1, 0.15) is 55.8 Å². The summed E-state index contributed by atoms with van der Waals surface area (Å²) in [6.45, 7) is 4.19. The predicted octanol–water partition coefficient (Wildman–Crippen LogP) is 2.66. The molecule has 6 rings (SSSR count). The first-order valence-corrected chi connectivity index (χ1v) is 8.71. The van der Waals surface area contributed by atoms with E-state index in [1.807, 2.05) is 18.2 Å². The Morgan fingerprint density at radius 1 is 1.14 bits per heavy atom. The van der Waals surface area contributed by atoms with Crippen LogP contribution in [0, 0.1) is 5.92 Å². The highest BCUT2D eigenvalue weighted by Gasteiger charge is 2.43. The third-order valence-electron chi connectivity index (χ3n) is 6.25. The molecule has 5 aliphatic rings. The lowest BCUT2D eigenvalue weighted by molar-refractivity contribution is 0.00258. The van der Waals surface area contributed by atoms with Crippen LogP contribution in [0.4, 0.5) is 0 Å². The molecule has 1 aromatic carbocycles. The van der Waals surface area contributed by atoms with Gasteiger partial charge in [-0.2, -0.15) is 0 Å². The number of amides is 1. The van der Waals surface area contributed by atoms with Gasteiger partial charge in [0.2, 0.25) is 0 Å². The number of carbonyl (C=O) groups is 1. The maximum Gasteiger partial charge on any atom is 0.254 e. The molecule has 0 radical (unpaired) electrons. The standard InChI is InChI=1S/C19H24N2O/c22-19-16-6-2-4-14-3-1-5-15(18(14)16)11-21(19)17-12-20-9-7-13(17)8-10-20/h2,4,6,13,15,17H,1,3,5,7-12H2/t15-,17-/m1/s1/i3D2. The lowest BCUT2D eigenvalue weighted by Gasteiger charge is -2.51. The van der Waals surface area contributed by atoms with Crippen LogP contribution in [-0.4, -0.2) is 47.9 Å². The van der Waals surface area contributed by atoms with Gasteiger partial charge in [0.25, 0.3) is 5.91 Å². The van der Waals surface area contributed by atoms with E-state index in [0.717, 1.165) is 36.2 Å². The van der Waals surface area contributed by atoms with Crippen LogP contribution in [0.3, 0.4) is 0 Å². The summed E-state index contributed by atoms with van der Waals surface area (Å²) in [5.74, 6) is 1.10. The first-order chi connectivity index (χ1) is 11.5. The van der Waals surface area contributed by atoms with Gasteiger partial charge in [0.1, 0.15) is 0 Å². The predicted molar refractivity (Wildman–Crippen MR) is 86.1 cm³/mol. The van der Waals surface area contributed by atoms with Gasteiger partial charge in [-0.25, -0.2) is 0 Å². The normalized spacial score (nSPS) is 40.0. The fourth-order valence-corrected chi connectivity index (χ4v) is 5.10. The zero-order valence-corrected chi connectivity index (χ0v) is 12.9. The monoisotopic (exact) mass is 298 g/mol. The highest BCUT2D eigenvalue weighted by atomic mass is 16.2. The molecule has 4 heterocycles. The Labute approximate surface area is 135 Å². The highest BCUT2D eigenvalue weighted by Crippen LogP contribution is 2.41. The summed E-state index contributed by atoms with van der Waals surface area (Å²) in [4.78, 5) is 17.9. The molecule has 2 atom stereocenters. The summed E-state index contributed by atoms with van der Waals surface area (Å²) in [7, 11) is 0. The van der Waals surface area contributed by atoms with Crippen molar-refractivity contribution in [1.29, 1.82) is 0 Å². The van der Waals surface area contributed by atoms with Crippen molar-refractivity contribution in [1.82, 2.24) is 9.80 Å². The molecule has 0 N–H and O–H groups in total. The summed E-state index contributed by atoms with van der Waals surface area (Å²) in [6.07, 6.45) is 2.56. The van der Waals surface area contributed by atoms with Gasteiger partial charge in [-0.15, -0.1) is 0 Å². The maximum absolute atomic E-state index is 13.2. The molecule has 0 aromatic heterocycles. The molecule has 3 saturated heterocycles. The Balaban J connectivity index is 1.55. The average molecular weight is 298 g/mol. The van der Waals surface area contributed by atoms with Crippen molar-refractivity contribution >= 4 is 5.91 Å². The van der Waals surface area contributed by atoms with Gasteiger partial charge in [0.15, 0.2) is 0 Å². The van der Waals surface area contributed by atoms with Gasteiger partial charge in [0.05, 0.1) is 0 Å². The topological polar surface area (TPSA) is 23.6 Å². The first kappa shape index (κ1) is 11.2. The van der Waals surface area contributed by atoms with E-state index < -0.39 is 6.37 Å². The Morgan fingerprint density at radius 2 is 2.00 bits per heavy atom. The van der Waals surface area contributed by atoms with Gasteiger partial charge in [-0.1, -0.05) is 12.1 Å². The molecule has 116 valence electrons. The Morgan fingerprint density at radius 3 is 2.77 bits per heavy atom. The van der Waals surface area contributed by atoms with Crippen LogP contribution in [0.5, 0.6) is 0 Å². The number of piperidine rings is 3. The molecule has 1 aromatic rings. The summed E-state index contributed by atoms with van der Waals surface area (Å²) in [5, 5.41) is 0. The van der Waals surface area contributed by atoms with E-state index in [4.69, 9.17) is 2.74 Å². The van der Waals surface area contributed by atoms with Crippen LogP contribution < -0.4 is 0 Å². The Hall–Kier alpha value is -1.35. The van der Waals surface area contributed by atoms with E-state index in [1.165, 1.54) is 25.9 Å². The van der Waals surface area contributed by atoms with E-state index in [9.17, 15) is 4.79 Å². The molecule has 3 heteroatoms. The minimum atomic E-state index is -1.29. The van der Waals surface area contributed by atoms with Crippen LogP contribution in [0.2, 0.25) is 0 Å². The zero-order valence-electron chi connectivity index (χ0n) is 14.9. The van der Waals surface area contributed by atoms with Gasteiger partial charge in [0, 0.05) is 33.4 Å². The molecular formula is C19H24N2O. The second-order valence-corrected chi connectivity index (χ2v) is 7.34. The summed E-state index contributed by atoms with van der Waals surface area (Å²) in [5.41, 5.74) is 2.54. The van der Waals surface area contributed by atoms with Crippen molar-refractivity contribution in [3.63, 3.8) is 0 Å². The summed E-state index contributed by atoms with van der Waals surface area (Å²) in [6, 6.07) is 6.04. The van der Waals surface area contributed by atoms with Gasteiger partial charge in [-0.3, -0.25) is 4.79 Å². The SMILES string of the molecule is [2H]C1([2H])CC[C@@H]2CN([C@@H]3CN4CCC3CC4)C(=O)c3cccc1c32. The fraction of sp³-hybridized carbons (Fsp3) is 0.632. The lowest BCUT2D eigenvalue weighted by atomic mass is 9.75. The van der Waals surface area contributed by atoms with Crippen molar-refractivity contribution < 1.29 is 7.54 Å². The molecule has 0 spiro atoms. The summed E-state index contributed by atoms with van der Waals surface area (Å²) >= 11 is 0. The third kappa shape index (κ3) is 1.81. The minimum Gasteiger partial charge on any atom is -0.333 e. The smallest absolute Gasteiger partial charge is 0.254 e. The number of fused-ring (bicyclic) bond motifs is 3. The van der Waals surface area contributed by atoms with Gasteiger partial charge < -0.3 is 9.80 Å². The molecule has 3 fully saturated rings. The maximum atomic E-state index is 13.2. The number of rotatable bonds is 1. The molecule has 4 aliphatic heterocycles. The van der Waals surface area contributed by atoms with E-state index in [-0.39, 0.29) is 5.91 Å². The number of nitrogens with zero attached hydrogens (tertiary/aromatic N) is 2. The zero-order chi connectivity index (χ0) is 16.5. The second kappa shape index (κ2) is 4.82. The molecule has 2 bridgehead atoms. The molecule has 0 saturated carbocycles. The molecule has 22 heavy (non-hydrogen) atoms. The fourth-order valence-electron chi connectivity index (χ4n) is 5.10. The van der Waals surface area contributed by atoms with Crippen LogP contribution in [0.25, 0.3) is 0 Å². The third-order valence-corrected chi connectivity index (χ3v) is 6.25. The average Bonchev–Trinajstić information content (AvgIpc) is 2.61. The molecule has 1 aliphatic carbocycles. The molecule has 3 nitrogen and oxygen atoms in total. The van der Waals surface area contributed by atoms with Crippen LogP contribution in [-0.2, 0) is 6.37 Å². The van der Waals surface area contributed by atoms with E-state index in [0.29, 0.717) is 24.3 Å². The minimum absolute atomic E-state index is 0.138.